The smallest absolute Gasteiger partial charge is 0.314 e. The van der Waals surface area contributed by atoms with Gasteiger partial charge in [-0.2, -0.15) is 0 Å². The average molecular weight is 186 g/mol. The van der Waals surface area contributed by atoms with E-state index in [1.165, 1.54) is 11.3 Å². The second kappa shape index (κ2) is 4.01. The summed E-state index contributed by atoms with van der Waals surface area (Å²) in [6.45, 7) is 2.31. The van der Waals surface area contributed by atoms with Crippen LogP contribution in [0.3, 0.4) is 0 Å². The molecule has 0 radical (unpaired) electrons. The Balaban J connectivity index is 2.38. The summed E-state index contributed by atoms with van der Waals surface area (Å²) in [5, 5.41) is 14.5. The van der Waals surface area contributed by atoms with Crippen LogP contribution in [0.1, 0.15) is 10.0 Å². The van der Waals surface area contributed by atoms with E-state index in [2.05, 4.69) is 20.8 Å². The standard InChI is InChI=1S/C6H10N4OS/c1-4-9-10-5(12-4)3-8-6(11)7-2/h3H2,1-2H3,(H2,7,8,11). The molecule has 1 rings (SSSR count). The highest BCUT2D eigenvalue weighted by atomic mass is 32.1. The van der Waals surface area contributed by atoms with Gasteiger partial charge < -0.3 is 10.6 Å². The van der Waals surface area contributed by atoms with Crippen LogP contribution in [0.2, 0.25) is 0 Å². The minimum absolute atomic E-state index is 0.206. The first-order valence-corrected chi connectivity index (χ1v) is 4.28. The quantitative estimate of drug-likeness (QED) is 0.697. The van der Waals surface area contributed by atoms with Crippen LogP contribution in [0.5, 0.6) is 0 Å². The Morgan fingerprint density at radius 2 is 2.33 bits per heavy atom. The molecule has 66 valence electrons. The second-order valence-corrected chi connectivity index (χ2v) is 3.41. The number of nitrogens with one attached hydrogen (secondary N) is 2. The van der Waals surface area contributed by atoms with Crippen LogP contribution in [-0.4, -0.2) is 23.3 Å². The molecule has 0 aliphatic heterocycles. The van der Waals surface area contributed by atoms with Crippen LogP contribution in [0, 0.1) is 6.92 Å². The Labute approximate surface area is 74.2 Å². The van der Waals surface area contributed by atoms with Crippen LogP contribution in [0.4, 0.5) is 4.79 Å². The van der Waals surface area contributed by atoms with Gasteiger partial charge in [0.05, 0.1) is 6.54 Å². The Hall–Kier alpha value is -1.17. The molecule has 2 N–H and O–H groups in total. The summed E-state index contributed by atoms with van der Waals surface area (Å²) < 4.78 is 0. The topological polar surface area (TPSA) is 66.9 Å². The number of urea groups is 1. The third-order valence-corrected chi connectivity index (χ3v) is 2.03. The lowest BCUT2D eigenvalue weighted by Gasteiger charge is -1.99. The van der Waals surface area contributed by atoms with E-state index in [0.717, 1.165) is 10.0 Å². The predicted molar refractivity (Wildman–Crippen MR) is 45.9 cm³/mol. The number of nitrogens with zero attached hydrogens (tertiary/aromatic N) is 2. The summed E-state index contributed by atoms with van der Waals surface area (Å²) in [5.41, 5.74) is 0. The fourth-order valence-corrected chi connectivity index (χ4v) is 1.30. The molecule has 1 heterocycles. The van der Waals surface area contributed by atoms with Gasteiger partial charge in [0, 0.05) is 7.05 Å². The van der Waals surface area contributed by atoms with Crippen molar-refractivity contribution in [1.29, 1.82) is 0 Å². The maximum atomic E-state index is 10.7. The van der Waals surface area contributed by atoms with E-state index in [4.69, 9.17) is 0 Å². The summed E-state index contributed by atoms with van der Waals surface area (Å²) in [6.07, 6.45) is 0. The molecule has 6 heteroatoms. The number of carbonyl (C=O) groups excluding carboxylic acids is 1. The summed E-state index contributed by atoms with van der Waals surface area (Å²) >= 11 is 1.48. The fraction of sp³-hybridized carbons (Fsp3) is 0.500. The molecule has 1 aromatic rings. The lowest BCUT2D eigenvalue weighted by Crippen LogP contribution is -2.32. The molecule has 5 nitrogen and oxygen atoms in total. The highest BCUT2D eigenvalue weighted by Crippen LogP contribution is 2.06. The monoisotopic (exact) mass is 186 g/mol. The zero-order chi connectivity index (χ0) is 8.97. The van der Waals surface area contributed by atoms with Crippen LogP contribution in [0.15, 0.2) is 0 Å². The maximum absolute atomic E-state index is 10.7. The van der Waals surface area contributed by atoms with Crippen molar-refractivity contribution in [3.8, 4) is 0 Å². The van der Waals surface area contributed by atoms with Crippen LogP contribution in [-0.2, 0) is 6.54 Å². The van der Waals surface area contributed by atoms with Gasteiger partial charge in [0.2, 0.25) is 0 Å². The van der Waals surface area contributed by atoms with Gasteiger partial charge in [-0.05, 0) is 6.92 Å². The molecule has 0 saturated carbocycles. The Morgan fingerprint density at radius 3 is 2.83 bits per heavy atom. The molecule has 0 fully saturated rings. The van der Waals surface area contributed by atoms with E-state index in [1.807, 2.05) is 6.92 Å². The maximum Gasteiger partial charge on any atom is 0.314 e. The fourth-order valence-electron chi connectivity index (χ4n) is 0.653. The second-order valence-electron chi connectivity index (χ2n) is 2.15. The molecule has 0 spiro atoms. The van der Waals surface area contributed by atoms with E-state index in [1.54, 1.807) is 7.05 Å². The molecule has 12 heavy (non-hydrogen) atoms. The number of hydrogen-bond acceptors (Lipinski definition) is 4. The third-order valence-electron chi connectivity index (χ3n) is 1.20. The zero-order valence-electron chi connectivity index (χ0n) is 6.92. The van der Waals surface area contributed by atoms with Gasteiger partial charge >= 0.3 is 6.03 Å². The molecule has 0 unspecified atom stereocenters. The molecule has 0 aromatic carbocycles. The minimum Gasteiger partial charge on any atom is -0.341 e. The lowest BCUT2D eigenvalue weighted by molar-refractivity contribution is 0.242. The highest BCUT2D eigenvalue weighted by Gasteiger charge is 2.01. The van der Waals surface area contributed by atoms with Crippen molar-refractivity contribution in [1.82, 2.24) is 20.8 Å². The van der Waals surface area contributed by atoms with E-state index in [9.17, 15) is 4.79 Å². The summed E-state index contributed by atoms with van der Waals surface area (Å²) in [4.78, 5) is 10.7. The largest absolute Gasteiger partial charge is 0.341 e. The molecule has 0 bridgehead atoms. The van der Waals surface area contributed by atoms with E-state index < -0.39 is 0 Å². The van der Waals surface area contributed by atoms with E-state index in [0.29, 0.717) is 6.54 Å². The Morgan fingerprint density at radius 1 is 1.58 bits per heavy atom. The van der Waals surface area contributed by atoms with Gasteiger partial charge in [-0.25, -0.2) is 4.79 Å². The minimum atomic E-state index is -0.206. The van der Waals surface area contributed by atoms with Gasteiger partial charge in [0.25, 0.3) is 0 Å². The highest BCUT2D eigenvalue weighted by molar-refractivity contribution is 7.11. The number of aryl methyl sites for hydroxylation is 1. The first kappa shape index (κ1) is 8.92. The van der Waals surface area contributed by atoms with Crippen molar-refractivity contribution in [2.45, 2.75) is 13.5 Å². The normalized spacial score (nSPS) is 9.50. The van der Waals surface area contributed by atoms with Gasteiger partial charge in [-0.15, -0.1) is 10.2 Å². The molecule has 1 aromatic heterocycles. The van der Waals surface area contributed by atoms with Gasteiger partial charge in [-0.3, -0.25) is 0 Å². The summed E-state index contributed by atoms with van der Waals surface area (Å²) in [6, 6.07) is -0.206. The first-order chi connectivity index (χ1) is 5.72. The van der Waals surface area contributed by atoms with Crippen molar-refractivity contribution in [3.63, 3.8) is 0 Å². The molecule has 0 atom stereocenters. The zero-order valence-corrected chi connectivity index (χ0v) is 7.73. The SMILES string of the molecule is CNC(=O)NCc1nnc(C)s1. The van der Waals surface area contributed by atoms with Crippen LogP contribution in [0.25, 0.3) is 0 Å². The molecular weight excluding hydrogens is 176 g/mol. The Kier molecular flexibility index (Phi) is 2.98. The number of amides is 2. The molecule has 0 aliphatic rings. The van der Waals surface area contributed by atoms with E-state index in [-0.39, 0.29) is 6.03 Å². The Bertz CT molecular complexity index is 272. The number of rotatable bonds is 2. The van der Waals surface area contributed by atoms with Crippen LogP contribution >= 0.6 is 11.3 Å². The molecule has 0 saturated heterocycles. The van der Waals surface area contributed by atoms with Gasteiger partial charge in [0.15, 0.2) is 0 Å². The van der Waals surface area contributed by atoms with E-state index >= 15 is 0 Å². The lowest BCUT2D eigenvalue weighted by atomic mass is 10.7. The van der Waals surface area contributed by atoms with Crippen molar-refractivity contribution < 1.29 is 4.79 Å². The average Bonchev–Trinajstić information content (AvgIpc) is 2.47. The van der Waals surface area contributed by atoms with Crippen molar-refractivity contribution >= 4 is 17.4 Å². The third kappa shape index (κ3) is 2.46. The number of carbonyl (C=O) groups is 1. The van der Waals surface area contributed by atoms with Crippen molar-refractivity contribution in [3.05, 3.63) is 10.0 Å². The van der Waals surface area contributed by atoms with Crippen molar-refractivity contribution in [2.24, 2.45) is 0 Å². The summed E-state index contributed by atoms with van der Waals surface area (Å²) in [5.74, 6) is 0. The van der Waals surface area contributed by atoms with Gasteiger partial charge in [-0.1, -0.05) is 11.3 Å². The molecular formula is C6H10N4OS. The number of aromatic nitrogens is 2. The molecule has 2 amide bonds. The van der Waals surface area contributed by atoms with Crippen molar-refractivity contribution in [2.75, 3.05) is 7.05 Å². The molecule has 0 aliphatic carbocycles. The predicted octanol–water partition coefficient (Wildman–Crippen LogP) is 0.276. The summed E-state index contributed by atoms with van der Waals surface area (Å²) in [7, 11) is 1.57. The van der Waals surface area contributed by atoms with Gasteiger partial charge in [0.1, 0.15) is 10.0 Å². The number of hydrogen-bond donors (Lipinski definition) is 2. The first-order valence-electron chi connectivity index (χ1n) is 3.47. The van der Waals surface area contributed by atoms with Crippen LogP contribution < -0.4 is 10.6 Å².